The fourth-order valence-electron chi connectivity index (χ4n) is 2.41. The van der Waals surface area contributed by atoms with Crippen LogP contribution in [0, 0.1) is 0 Å². The molecule has 0 bridgehead atoms. The van der Waals surface area contributed by atoms with Crippen LogP contribution in [-0.2, 0) is 6.42 Å². The summed E-state index contributed by atoms with van der Waals surface area (Å²) in [7, 11) is 0. The third-order valence-corrected chi connectivity index (χ3v) is 3.37. The molecule has 0 heterocycles. The molecule has 0 atom stereocenters. The van der Waals surface area contributed by atoms with E-state index in [1.807, 2.05) is 48.5 Å². The van der Waals surface area contributed by atoms with E-state index in [0.717, 1.165) is 35.5 Å². The first-order valence-electron chi connectivity index (χ1n) is 6.59. The Hall–Kier alpha value is -2.55. The molecule has 0 fully saturated rings. The zero-order valence-corrected chi connectivity index (χ0v) is 11.0. The lowest BCUT2D eigenvalue weighted by Gasteiger charge is -2.18. The summed E-state index contributed by atoms with van der Waals surface area (Å²) in [6.45, 7) is 0. The van der Waals surface area contributed by atoms with Crippen molar-refractivity contribution >= 4 is 12.3 Å². The molecule has 0 amide bonds. The van der Waals surface area contributed by atoms with Gasteiger partial charge in [-0.1, -0.05) is 35.5 Å². The van der Waals surface area contributed by atoms with Gasteiger partial charge in [0.15, 0.2) is 0 Å². The van der Waals surface area contributed by atoms with Crippen LogP contribution in [-0.4, -0.2) is 11.4 Å². The van der Waals surface area contributed by atoms with Crippen molar-refractivity contribution in [3.63, 3.8) is 0 Å². The predicted molar refractivity (Wildman–Crippen MR) is 79.5 cm³/mol. The average molecular weight is 265 g/mol. The van der Waals surface area contributed by atoms with Gasteiger partial charge in [0, 0.05) is 5.56 Å². The second kappa shape index (κ2) is 5.61. The molecule has 1 aliphatic carbocycles. The summed E-state index contributed by atoms with van der Waals surface area (Å²) >= 11 is 0. The van der Waals surface area contributed by atoms with Crippen molar-refractivity contribution in [2.75, 3.05) is 0 Å². The van der Waals surface area contributed by atoms with Gasteiger partial charge in [-0.25, -0.2) is 0 Å². The van der Waals surface area contributed by atoms with Gasteiger partial charge in [-0.15, -0.1) is 0 Å². The molecule has 3 rings (SSSR count). The highest BCUT2D eigenvalue weighted by Crippen LogP contribution is 2.33. The molecule has 100 valence electrons. The van der Waals surface area contributed by atoms with Crippen LogP contribution in [0.2, 0.25) is 0 Å². The number of para-hydroxylation sites is 1. The van der Waals surface area contributed by atoms with Crippen LogP contribution in [0.15, 0.2) is 59.3 Å². The number of hydrogen-bond donors (Lipinski definition) is 1. The Balaban J connectivity index is 1.94. The second-order valence-electron chi connectivity index (χ2n) is 4.70. The number of ether oxygens (including phenoxy) is 1. The van der Waals surface area contributed by atoms with E-state index in [-0.39, 0.29) is 0 Å². The van der Waals surface area contributed by atoms with E-state index in [1.54, 1.807) is 0 Å². The van der Waals surface area contributed by atoms with Crippen LogP contribution in [0.25, 0.3) is 6.08 Å². The SMILES string of the molecule is O/N=C/C1=Cc2cccc(Oc3ccccc3)c2CC1. The Morgan fingerprint density at radius 2 is 1.85 bits per heavy atom. The van der Waals surface area contributed by atoms with Crippen LogP contribution in [0.5, 0.6) is 11.5 Å². The second-order valence-corrected chi connectivity index (χ2v) is 4.70. The van der Waals surface area contributed by atoms with E-state index in [1.165, 1.54) is 11.8 Å². The number of rotatable bonds is 3. The summed E-state index contributed by atoms with van der Waals surface area (Å²) in [5, 5.41) is 11.7. The van der Waals surface area contributed by atoms with Crippen molar-refractivity contribution in [3.05, 3.63) is 65.2 Å². The Morgan fingerprint density at radius 1 is 1.00 bits per heavy atom. The van der Waals surface area contributed by atoms with Crippen molar-refractivity contribution in [2.45, 2.75) is 12.8 Å². The summed E-state index contributed by atoms with van der Waals surface area (Å²) in [5.74, 6) is 1.73. The maximum Gasteiger partial charge on any atom is 0.131 e. The van der Waals surface area contributed by atoms with Crippen LogP contribution < -0.4 is 4.74 Å². The zero-order chi connectivity index (χ0) is 13.8. The molecular formula is C17H15NO2. The molecule has 1 N–H and O–H groups in total. The average Bonchev–Trinajstić information content (AvgIpc) is 2.49. The van der Waals surface area contributed by atoms with Crippen molar-refractivity contribution in [3.8, 4) is 11.5 Å². The molecule has 0 saturated heterocycles. The summed E-state index contributed by atoms with van der Waals surface area (Å²) in [4.78, 5) is 0. The molecule has 0 unspecified atom stereocenters. The molecule has 1 aliphatic rings. The Kier molecular flexibility index (Phi) is 3.50. The molecule has 20 heavy (non-hydrogen) atoms. The van der Waals surface area contributed by atoms with Gasteiger partial charge in [0.1, 0.15) is 11.5 Å². The first-order chi connectivity index (χ1) is 9.86. The summed E-state index contributed by atoms with van der Waals surface area (Å²) < 4.78 is 5.96. The lowest BCUT2D eigenvalue weighted by atomic mass is 9.92. The van der Waals surface area contributed by atoms with Crippen LogP contribution in [0.1, 0.15) is 17.5 Å². The molecule has 0 aromatic heterocycles. The number of hydrogen-bond acceptors (Lipinski definition) is 3. The lowest BCUT2D eigenvalue weighted by molar-refractivity contribution is 0.321. The van der Waals surface area contributed by atoms with Crippen LogP contribution >= 0.6 is 0 Å². The standard InChI is InChI=1S/C17H15NO2/c19-18-12-13-9-10-16-14(11-13)5-4-8-17(16)20-15-6-2-1-3-7-15/h1-8,11-12,19H,9-10H2/b18-12+. The van der Waals surface area contributed by atoms with E-state index in [9.17, 15) is 0 Å². The minimum Gasteiger partial charge on any atom is -0.457 e. The van der Waals surface area contributed by atoms with E-state index in [0.29, 0.717) is 0 Å². The van der Waals surface area contributed by atoms with E-state index >= 15 is 0 Å². The molecule has 0 radical (unpaired) electrons. The Labute approximate surface area is 117 Å². The van der Waals surface area contributed by atoms with Crippen LogP contribution in [0.4, 0.5) is 0 Å². The number of allylic oxidation sites excluding steroid dienone is 1. The molecular weight excluding hydrogens is 250 g/mol. The monoisotopic (exact) mass is 265 g/mol. The topological polar surface area (TPSA) is 41.8 Å². The van der Waals surface area contributed by atoms with Crippen molar-refractivity contribution in [1.82, 2.24) is 0 Å². The first kappa shape index (κ1) is 12.5. The van der Waals surface area contributed by atoms with E-state index < -0.39 is 0 Å². The maximum atomic E-state index is 8.62. The normalized spacial score (nSPS) is 13.9. The minimum atomic E-state index is 0.840. The highest BCUT2D eigenvalue weighted by Gasteiger charge is 2.14. The van der Waals surface area contributed by atoms with Gasteiger partial charge in [0.2, 0.25) is 0 Å². The quantitative estimate of drug-likeness (QED) is 0.511. The van der Waals surface area contributed by atoms with E-state index in [4.69, 9.17) is 9.94 Å². The molecule has 2 aromatic rings. The van der Waals surface area contributed by atoms with Gasteiger partial charge in [-0.05, 0) is 48.3 Å². The summed E-state index contributed by atoms with van der Waals surface area (Å²) in [6.07, 6.45) is 5.27. The fraction of sp³-hybridized carbons (Fsp3) is 0.118. The number of oxime groups is 1. The highest BCUT2D eigenvalue weighted by molar-refractivity contribution is 5.87. The lowest BCUT2D eigenvalue weighted by Crippen LogP contribution is -2.02. The largest absolute Gasteiger partial charge is 0.457 e. The first-order valence-corrected chi connectivity index (χ1v) is 6.59. The third kappa shape index (κ3) is 2.57. The van der Waals surface area contributed by atoms with Crippen molar-refractivity contribution in [2.24, 2.45) is 5.16 Å². The smallest absolute Gasteiger partial charge is 0.131 e. The van der Waals surface area contributed by atoms with Crippen LogP contribution in [0.3, 0.4) is 0 Å². The van der Waals surface area contributed by atoms with Gasteiger partial charge in [0.05, 0.1) is 6.21 Å². The molecule has 3 nitrogen and oxygen atoms in total. The number of fused-ring (bicyclic) bond motifs is 1. The molecule has 2 aromatic carbocycles. The highest BCUT2D eigenvalue weighted by atomic mass is 16.5. The minimum absolute atomic E-state index is 0.840. The predicted octanol–water partition coefficient (Wildman–Crippen LogP) is 4.27. The molecule has 0 spiro atoms. The van der Waals surface area contributed by atoms with Crippen molar-refractivity contribution < 1.29 is 9.94 Å². The summed E-state index contributed by atoms with van der Waals surface area (Å²) in [5.41, 5.74) is 3.35. The van der Waals surface area contributed by atoms with E-state index in [2.05, 4.69) is 11.2 Å². The van der Waals surface area contributed by atoms with Gasteiger partial charge < -0.3 is 9.94 Å². The third-order valence-electron chi connectivity index (χ3n) is 3.37. The molecule has 0 saturated carbocycles. The number of nitrogens with zero attached hydrogens (tertiary/aromatic N) is 1. The van der Waals surface area contributed by atoms with Crippen molar-refractivity contribution in [1.29, 1.82) is 0 Å². The van der Waals surface area contributed by atoms with Gasteiger partial charge in [0.25, 0.3) is 0 Å². The fourth-order valence-corrected chi connectivity index (χ4v) is 2.41. The summed E-state index contributed by atoms with van der Waals surface area (Å²) in [6, 6.07) is 15.8. The van der Waals surface area contributed by atoms with Gasteiger partial charge in [-0.2, -0.15) is 0 Å². The Bertz CT molecular complexity index is 660. The molecule has 0 aliphatic heterocycles. The number of benzene rings is 2. The Morgan fingerprint density at radius 3 is 2.65 bits per heavy atom. The zero-order valence-electron chi connectivity index (χ0n) is 11.0. The van der Waals surface area contributed by atoms with Gasteiger partial charge in [-0.3, -0.25) is 0 Å². The molecule has 3 heteroatoms. The maximum absolute atomic E-state index is 8.62. The van der Waals surface area contributed by atoms with Gasteiger partial charge >= 0.3 is 0 Å².